The van der Waals surface area contributed by atoms with Gasteiger partial charge in [0.1, 0.15) is 11.6 Å². The maximum Gasteiger partial charge on any atom is 0.223 e. The van der Waals surface area contributed by atoms with Gasteiger partial charge in [0.15, 0.2) is 0 Å². The fourth-order valence-corrected chi connectivity index (χ4v) is 2.74. The number of carbonyl (C=O) groups is 1. The van der Waals surface area contributed by atoms with E-state index in [1.165, 1.54) is 6.07 Å². The van der Waals surface area contributed by atoms with Crippen molar-refractivity contribution in [2.75, 3.05) is 33.3 Å². The summed E-state index contributed by atoms with van der Waals surface area (Å²) >= 11 is 0. The number of hydrogen-bond donors (Lipinski definition) is 0. The third-order valence-corrected chi connectivity index (χ3v) is 3.91. The maximum atomic E-state index is 13.9. The van der Waals surface area contributed by atoms with E-state index in [1.54, 1.807) is 19.2 Å². The Labute approximate surface area is 131 Å². The van der Waals surface area contributed by atoms with Crippen LogP contribution in [0.15, 0.2) is 18.2 Å². The van der Waals surface area contributed by atoms with E-state index in [-0.39, 0.29) is 11.7 Å². The van der Waals surface area contributed by atoms with Crippen LogP contribution in [0.2, 0.25) is 0 Å². The molecule has 0 saturated carbocycles. The number of halogens is 1. The molecule has 0 bridgehead atoms. The largest absolute Gasteiger partial charge is 0.497 e. The minimum absolute atomic E-state index is 0.197. The number of benzene rings is 1. The predicted molar refractivity (Wildman–Crippen MR) is 84.3 cm³/mol. The number of nitrogens with zero attached hydrogens (tertiary/aromatic N) is 2. The monoisotopic (exact) mass is 308 g/mol. The van der Waals surface area contributed by atoms with E-state index in [0.29, 0.717) is 43.3 Å². The second kappa shape index (κ2) is 7.58. The predicted octanol–water partition coefficient (Wildman–Crippen LogP) is 2.52. The first-order chi connectivity index (χ1) is 10.5. The molecule has 0 aliphatic carbocycles. The second-order valence-corrected chi connectivity index (χ2v) is 6.22. The van der Waals surface area contributed by atoms with E-state index in [4.69, 9.17) is 4.74 Å². The van der Waals surface area contributed by atoms with E-state index in [1.807, 2.05) is 4.90 Å². The molecule has 1 aliphatic heterocycles. The van der Waals surface area contributed by atoms with Gasteiger partial charge in [-0.05, 0) is 24.1 Å². The summed E-state index contributed by atoms with van der Waals surface area (Å²) in [5.41, 5.74) is 0.615. The molecule has 1 fully saturated rings. The molecule has 2 rings (SSSR count). The van der Waals surface area contributed by atoms with Crippen molar-refractivity contribution in [1.29, 1.82) is 0 Å². The summed E-state index contributed by atoms with van der Waals surface area (Å²) in [6, 6.07) is 4.78. The van der Waals surface area contributed by atoms with Gasteiger partial charge in [0, 0.05) is 44.7 Å². The van der Waals surface area contributed by atoms with Crippen molar-refractivity contribution in [2.45, 2.75) is 26.8 Å². The van der Waals surface area contributed by atoms with Crippen LogP contribution in [0.5, 0.6) is 5.75 Å². The third-order valence-electron chi connectivity index (χ3n) is 3.91. The van der Waals surface area contributed by atoms with Gasteiger partial charge in [0.05, 0.1) is 7.11 Å². The quantitative estimate of drug-likeness (QED) is 0.838. The minimum atomic E-state index is -0.226. The van der Waals surface area contributed by atoms with Gasteiger partial charge in [-0.3, -0.25) is 9.69 Å². The Balaban J connectivity index is 2.01. The van der Waals surface area contributed by atoms with Crippen molar-refractivity contribution in [3.05, 3.63) is 29.6 Å². The molecule has 0 spiro atoms. The first-order valence-corrected chi connectivity index (χ1v) is 7.82. The van der Waals surface area contributed by atoms with Gasteiger partial charge < -0.3 is 9.64 Å². The number of amides is 1. The molecule has 0 radical (unpaired) electrons. The lowest BCUT2D eigenvalue weighted by molar-refractivity contribution is -0.130. The normalized spacial score (nSPS) is 17.0. The minimum Gasteiger partial charge on any atom is -0.497 e. The van der Waals surface area contributed by atoms with Crippen LogP contribution in [-0.4, -0.2) is 49.0 Å². The van der Waals surface area contributed by atoms with E-state index in [9.17, 15) is 9.18 Å². The van der Waals surface area contributed by atoms with Crippen LogP contribution < -0.4 is 4.74 Å². The van der Waals surface area contributed by atoms with Gasteiger partial charge in [-0.25, -0.2) is 4.39 Å². The van der Waals surface area contributed by atoms with Crippen molar-refractivity contribution in [1.82, 2.24) is 9.80 Å². The van der Waals surface area contributed by atoms with E-state index < -0.39 is 0 Å². The lowest BCUT2D eigenvalue weighted by atomic mass is 10.2. The first kappa shape index (κ1) is 16.7. The molecule has 0 aromatic heterocycles. The van der Waals surface area contributed by atoms with Crippen LogP contribution >= 0.6 is 0 Å². The van der Waals surface area contributed by atoms with E-state index in [2.05, 4.69) is 18.7 Å². The number of rotatable bonds is 5. The van der Waals surface area contributed by atoms with Gasteiger partial charge in [-0.2, -0.15) is 0 Å². The van der Waals surface area contributed by atoms with Crippen LogP contribution in [0.4, 0.5) is 4.39 Å². The molecule has 22 heavy (non-hydrogen) atoms. The molecule has 1 aromatic rings. The zero-order valence-electron chi connectivity index (χ0n) is 13.6. The van der Waals surface area contributed by atoms with Crippen LogP contribution in [0, 0.1) is 11.7 Å². The molecule has 5 heteroatoms. The van der Waals surface area contributed by atoms with Crippen LogP contribution in [-0.2, 0) is 11.3 Å². The zero-order valence-corrected chi connectivity index (χ0v) is 13.6. The molecule has 0 atom stereocenters. The van der Waals surface area contributed by atoms with Gasteiger partial charge in [-0.15, -0.1) is 0 Å². The first-order valence-electron chi connectivity index (χ1n) is 7.82. The van der Waals surface area contributed by atoms with Crippen LogP contribution in [0.1, 0.15) is 25.8 Å². The van der Waals surface area contributed by atoms with E-state index in [0.717, 1.165) is 13.1 Å². The van der Waals surface area contributed by atoms with Crippen molar-refractivity contribution in [2.24, 2.45) is 5.92 Å². The van der Waals surface area contributed by atoms with Gasteiger partial charge >= 0.3 is 0 Å². The number of hydrogen-bond acceptors (Lipinski definition) is 3. The third kappa shape index (κ3) is 4.44. The Morgan fingerprint density at radius 3 is 2.73 bits per heavy atom. The highest BCUT2D eigenvalue weighted by atomic mass is 19.1. The standard InChI is InChI=1S/C17H25FN2O2/c1-13(2)11-20-9-8-19(7-6-17(20)21)12-14-10-15(22-3)4-5-16(14)18/h4-5,10,13H,6-9,11-12H2,1-3H3. The summed E-state index contributed by atoms with van der Waals surface area (Å²) in [6.07, 6.45) is 0.498. The maximum absolute atomic E-state index is 13.9. The summed E-state index contributed by atoms with van der Waals surface area (Å²) in [6.45, 7) is 7.68. The van der Waals surface area contributed by atoms with Gasteiger partial charge in [-0.1, -0.05) is 13.8 Å². The Hall–Kier alpha value is -1.62. The average Bonchev–Trinajstić information content (AvgIpc) is 2.65. The average molecular weight is 308 g/mol. The van der Waals surface area contributed by atoms with Gasteiger partial charge in [0.25, 0.3) is 0 Å². The van der Waals surface area contributed by atoms with Crippen molar-refractivity contribution < 1.29 is 13.9 Å². The van der Waals surface area contributed by atoms with Crippen molar-refractivity contribution in [3.8, 4) is 5.75 Å². The number of carbonyl (C=O) groups excluding carboxylic acids is 1. The van der Waals surface area contributed by atoms with Crippen molar-refractivity contribution >= 4 is 5.91 Å². The molecule has 1 heterocycles. The summed E-state index contributed by atoms with van der Waals surface area (Å²) in [7, 11) is 1.57. The summed E-state index contributed by atoms with van der Waals surface area (Å²) in [4.78, 5) is 16.2. The fraction of sp³-hybridized carbons (Fsp3) is 0.588. The molecule has 0 unspecified atom stereocenters. The molecular weight excluding hydrogens is 283 g/mol. The molecule has 1 amide bonds. The lowest BCUT2D eigenvalue weighted by Crippen LogP contribution is -2.35. The number of methoxy groups -OCH3 is 1. The Kier molecular flexibility index (Phi) is 5.77. The Morgan fingerprint density at radius 2 is 2.05 bits per heavy atom. The topological polar surface area (TPSA) is 32.8 Å². The SMILES string of the molecule is COc1ccc(F)c(CN2CCC(=O)N(CC(C)C)CC2)c1. The Morgan fingerprint density at radius 1 is 1.27 bits per heavy atom. The van der Waals surface area contributed by atoms with E-state index >= 15 is 0 Å². The second-order valence-electron chi connectivity index (χ2n) is 6.22. The molecule has 1 saturated heterocycles. The Bertz CT molecular complexity index is 519. The summed E-state index contributed by atoms with van der Waals surface area (Å²) in [5, 5.41) is 0. The van der Waals surface area contributed by atoms with Crippen molar-refractivity contribution in [3.63, 3.8) is 0 Å². The summed E-state index contributed by atoms with van der Waals surface area (Å²) < 4.78 is 19.1. The van der Waals surface area contributed by atoms with Crippen LogP contribution in [0.25, 0.3) is 0 Å². The molecular formula is C17H25FN2O2. The highest BCUT2D eigenvalue weighted by Crippen LogP contribution is 2.19. The highest BCUT2D eigenvalue weighted by Gasteiger charge is 2.22. The molecule has 0 N–H and O–H groups in total. The smallest absolute Gasteiger partial charge is 0.223 e. The number of ether oxygens (including phenoxy) is 1. The zero-order chi connectivity index (χ0) is 16.1. The molecule has 1 aromatic carbocycles. The lowest BCUT2D eigenvalue weighted by Gasteiger charge is -2.23. The molecule has 1 aliphatic rings. The van der Waals surface area contributed by atoms with Gasteiger partial charge in [0.2, 0.25) is 5.91 Å². The van der Waals surface area contributed by atoms with Crippen LogP contribution in [0.3, 0.4) is 0 Å². The fourth-order valence-electron chi connectivity index (χ4n) is 2.74. The highest BCUT2D eigenvalue weighted by molar-refractivity contribution is 5.76. The molecule has 122 valence electrons. The summed E-state index contributed by atoms with van der Waals surface area (Å²) in [5.74, 6) is 1.09. The molecule has 4 nitrogen and oxygen atoms in total.